The predicted octanol–water partition coefficient (Wildman–Crippen LogP) is 1.46. The molecule has 0 spiro atoms. The minimum atomic E-state index is -0.642. The molecule has 0 aliphatic heterocycles. The predicted molar refractivity (Wildman–Crippen MR) is 116 cm³/mol. The molecule has 4 rings (SSSR count). The molecule has 1 aliphatic carbocycles. The average molecular weight is 438 g/mol. The maximum absolute atomic E-state index is 13.2. The van der Waals surface area contributed by atoms with Crippen molar-refractivity contribution in [2.24, 2.45) is 5.41 Å². The SMILES string of the molecule is CC(C)(C)Cn1c(=O)c(C(=O)NC2CC2)c(O)n2nc(C(=O)NCc3ccccn3)cc12. The van der Waals surface area contributed by atoms with E-state index in [2.05, 4.69) is 20.7 Å². The molecule has 0 unspecified atom stereocenters. The molecule has 0 aromatic carbocycles. The first kappa shape index (κ1) is 21.5. The Morgan fingerprint density at radius 3 is 2.59 bits per heavy atom. The molecule has 3 aromatic heterocycles. The van der Waals surface area contributed by atoms with Crippen LogP contribution in [0.1, 0.15) is 60.2 Å². The Morgan fingerprint density at radius 2 is 1.97 bits per heavy atom. The largest absolute Gasteiger partial charge is 0.492 e. The number of hydrogen-bond donors (Lipinski definition) is 3. The molecule has 32 heavy (non-hydrogen) atoms. The molecule has 0 bridgehead atoms. The van der Waals surface area contributed by atoms with E-state index in [1.165, 1.54) is 10.6 Å². The van der Waals surface area contributed by atoms with Crippen molar-refractivity contribution in [2.45, 2.75) is 52.7 Å². The second-order valence-corrected chi connectivity index (χ2v) is 9.20. The summed E-state index contributed by atoms with van der Waals surface area (Å²) in [5.41, 5.74) is -0.389. The van der Waals surface area contributed by atoms with Crippen LogP contribution in [-0.4, -0.2) is 42.1 Å². The number of aromatic hydroxyl groups is 1. The van der Waals surface area contributed by atoms with Crippen molar-refractivity contribution in [1.82, 2.24) is 29.8 Å². The molecule has 3 aromatic rings. The standard InChI is InChI=1S/C22H26N6O4/c1-22(2,3)12-27-16-10-15(18(29)24-11-14-6-4-5-9-23-14)26-28(16)21(32)17(20(27)31)19(30)25-13-7-8-13/h4-6,9-10,13,32H,7-8,11-12H2,1-3H3,(H,24,29)(H,25,30). The molecule has 1 fully saturated rings. The van der Waals surface area contributed by atoms with E-state index in [1.54, 1.807) is 18.3 Å². The minimum absolute atomic E-state index is 0.0121. The van der Waals surface area contributed by atoms with Crippen LogP contribution in [-0.2, 0) is 13.1 Å². The Hall–Kier alpha value is -3.69. The fraction of sp³-hybridized carbons (Fsp3) is 0.409. The molecule has 0 saturated heterocycles. The molecular formula is C22H26N6O4. The molecule has 3 N–H and O–H groups in total. The fourth-order valence-corrected chi connectivity index (χ4v) is 3.35. The van der Waals surface area contributed by atoms with Gasteiger partial charge >= 0.3 is 0 Å². The summed E-state index contributed by atoms with van der Waals surface area (Å²) < 4.78 is 2.45. The highest BCUT2D eigenvalue weighted by Gasteiger charge is 2.30. The molecule has 168 valence electrons. The van der Waals surface area contributed by atoms with Gasteiger partial charge in [0, 0.05) is 24.8 Å². The molecule has 10 nitrogen and oxygen atoms in total. The maximum atomic E-state index is 13.2. The summed E-state index contributed by atoms with van der Waals surface area (Å²) in [5.74, 6) is -1.72. The highest BCUT2D eigenvalue weighted by atomic mass is 16.3. The summed E-state index contributed by atoms with van der Waals surface area (Å²) in [7, 11) is 0. The third-order valence-electron chi connectivity index (χ3n) is 5.01. The van der Waals surface area contributed by atoms with Gasteiger partial charge in [-0.1, -0.05) is 26.8 Å². The second kappa shape index (κ2) is 8.10. The zero-order valence-corrected chi connectivity index (χ0v) is 18.3. The van der Waals surface area contributed by atoms with Gasteiger partial charge < -0.3 is 15.7 Å². The van der Waals surface area contributed by atoms with E-state index in [-0.39, 0.29) is 41.5 Å². The summed E-state index contributed by atoms with van der Waals surface area (Å²) in [6.07, 6.45) is 3.31. The maximum Gasteiger partial charge on any atom is 0.272 e. The van der Waals surface area contributed by atoms with Crippen LogP contribution in [0.2, 0.25) is 0 Å². The van der Waals surface area contributed by atoms with E-state index in [0.29, 0.717) is 5.69 Å². The van der Waals surface area contributed by atoms with E-state index in [4.69, 9.17) is 0 Å². The lowest BCUT2D eigenvalue weighted by Gasteiger charge is -2.21. The number of nitrogens with zero attached hydrogens (tertiary/aromatic N) is 4. The smallest absolute Gasteiger partial charge is 0.272 e. The van der Waals surface area contributed by atoms with Crippen LogP contribution in [0.4, 0.5) is 0 Å². The molecule has 1 aliphatic rings. The summed E-state index contributed by atoms with van der Waals surface area (Å²) in [6, 6.07) is 6.82. The van der Waals surface area contributed by atoms with Gasteiger partial charge in [-0.25, -0.2) is 0 Å². The number of nitrogens with one attached hydrogen (secondary N) is 2. The Balaban J connectivity index is 1.74. The normalized spacial score (nSPS) is 13.8. The first-order valence-corrected chi connectivity index (χ1v) is 10.5. The van der Waals surface area contributed by atoms with Crippen LogP contribution in [0.5, 0.6) is 5.88 Å². The highest BCUT2D eigenvalue weighted by Crippen LogP contribution is 2.24. The second-order valence-electron chi connectivity index (χ2n) is 9.20. The molecule has 2 amide bonds. The zero-order chi connectivity index (χ0) is 23.0. The summed E-state index contributed by atoms with van der Waals surface area (Å²) in [6.45, 7) is 6.31. The number of carbonyl (C=O) groups excluding carboxylic acids is 2. The molecule has 0 atom stereocenters. The average Bonchev–Trinajstić information content (AvgIpc) is 3.43. The van der Waals surface area contributed by atoms with Crippen molar-refractivity contribution in [2.75, 3.05) is 0 Å². The molecule has 0 radical (unpaired) electrons. The molecular weight excluding hydrogens is 412 g/mol. The van der Waals surface area contributed by atoms with Crippen LogP contribution < -0.4 is 16.2 Å². The van der Waals surface area contributed by atoms with Gasteiger partial charge in [-0.05, 0) is 30.4 Å². The van der Waals surface area contributed by atoms with Gasteiger partial charge in [0.05, 0.1) is 12.2 Å². The third kappa shape index (κ3) is 4.48. The highest BCUT2D eigenvalue weighted by molar-refractivity contribution is 5.97. The van der Waals surface area contributed by atoms with Gasteiger partial charge in [0.1, 0.15) is 5.65 Å². The number of carbonyl (C=O) groups is 2. The Kier molecular flexibility index (Phi) is 5.45. The number of rotatable bonds is 6. The number of hydrogen-bond acceptors (Lipinski definition) is 6. The van der Waals surface area contributed by atoms with Gasteiger partial charge in [0.2, 0.25) is 5.88 Å². The number of fused-ring (bicyclic) bond motifs is 1. The lowest BCUT2D eigenvalue weighted by Crippen LogP contribution is -2.37. The molecule has 1 saturated carbocycles. The van der Waals surface area contributed by atoms with Gasteiger partial charge in [0.15, 0.2) is 11.3 Å². The Morgan fingerprint density at radius 1 is 1.22 bits per heavy atom. The number of pyridine rings is 1. The van der Waals surface area contributed by atoms with Gasteiger partial charge in [-0.3, -0.25) is 23.9 Å². The van der Waals surface area contributed by atoms with Crippen LogP contribution >= 0.6 is 0 Å². The van der Waals surface area contributed by atoms with E-state index in [1.807, 2.05) is 26.8 Å². The zero-order valence-electron chi connectivity index (χ0n) is 18.3. The number of amides is 2. The van der Waals surface area contributed by atoms with E-state index in [0.717, 1.165) is 17.4 Å². The van der Waals surface area contributed by atoms with Crippen molar-refractivity contribution in [3.8, 4) is 5.88 Å². The van der Waals surface area contributed by atoms with Crippen molar-refractivity contribution < 1.29 is 14.7 Å². The molecule has 10 heteroatoms. The summed E-state index contributed by atoms with van der Waals surface area (Å²) >= 11 is 0. The Bertz CT molecular complexity index is 1240. The third-order valence-corrected chi connectivity index (χ3v) is 5.01. The van der Waals surface area contributed by atoms with Crippen molar-refractivity contribution in [3.05, 3.63) is 57.8 Å². The first-order valence-electron chi connectivity index (χ1n) is 10.5. The lowest BCUT2D eigenvalue weighted by molar-refractivity contribution is 0.0938. The van der Waals surface area contributed by atoms with Gasteiger partial charge in [-0.15, -0.1) is 0 Å². The summed E-state index contributed by atoms with van der Waals surface area (Å²) in [4.78, 5) is 42.7. The van der Waals surface area contributed by atoms with Gasteiger partial charge in [-0.2, -0.15) is 9.61 Å². The van der Waals surface area contributed by atoms with Crippen LogP contribution in [0.25, 0.3) is 5.65 Å². The number of aromatic nitrogens is 4. The molecule has 3 heterocycles. The van der Waals surface area contributed by atoms with Crippen molar-refractivity contribution in [3.63, 3.8) is 0 Å². The Labute approximate surface area is 184 Å². The summed E-state index contributed by atoms with van der Waals surface area (Å²) in [5, 5.41) is 20.4. The first-order chi connectivity index (χ1) is 15.1. The van der Waals surface area contributed by atoms with Gasteiger partial charge in [0.25, 0.3) is 17.4 Å². The van der Waals surface area contributed by atoms with Crippen molar-refractivity contribution in [1.29, 1.82) is 0 Å². The minimum Gasteiger partial charge on any atom is -0.492 e. The lowest BCUT2D eigenvalue weighted by atomic mass is 9.97. The topological polar surface area (TPSA) is 131 Å². The quantitative estimate of drug-likeness (QED) is 0.534. The van der Waals surface area contributed by atoms with E-state index < -0.39 is 23.3 Å². The van der Waals surface area contributed by atoms with Crippen LogP contribution in [0, 0.1) is 5.41 Å². The van der Waals surface area contributed by atoms with Crippen LogP contribution in [0.3, 0.4) is 0 Å². The fourth-order valence-electron chi connectivity index (χ4n) is 3.35. The van der Waals surface area contributed by atoms with Crippen LogP contribution in [0.15, 0.2) is 35.3 Å². The van der Waals surface area contributed by atoms with E-state index >= 15 is 0 Å². The van der Waals surface area contributed by atoms with E-state index in [9.17, 15) is 19.5 Å². The van der Waals surface area contributed by atoms with Crippen molar-refractivity contribution >= 4 is 17.5 Å². The monoisotopic (exact) mass is 438 g/mol.